The average Bonchev–Trinajstić information content (AvgIpc) is 3.61. The Morgan fingerprint density at radius 3 is 1.15 bits per heavy atom. The number of hydrogen-bond donors (Lipinski definition) is 0. The van der Waals surface area contributed by atoms with Crippen LogP contribution in [0.5, 0.6) is 0 Å². The van der Waals surface area contributed by atoms with Crippen LogP contribution in [-0.4, -0.2) is 8.80 Å². The smallest absolute Gasteiger partial charge is 0.358 e. The van der Waals surface area contributed by atoms with Crippen LogP contribution < -0.4 is 0 Å². The van der Waals surface area contributed by atoms with E-state index in [0.717, 1.165) is 0 Å². The van der Waals surface area contributed by atoms with Crippen molar-refractivity contribution in [2.45, 2.75) is 26.9 Å². The first-order valence-corrected chi connectivity index (χ1v) is 18.6. The molecule has 0 unspecified atom stereocenters. The van der Waals surface area contributed by atoms with Crippen molar-refractivity contribution in [2.75, 3.05) is 0 Å². The van der Waals surface area contributed by atoms with E-state index in [2.05, 4.69) is 179 Å². The molecule has 0 aliphatic rings. The maximum absolute atomic E-state index is 3.78. The Labute approximate surface area is 295 Å². The zero-order valence-electron chi connectivity index (χ0n) is 27.6. The maximum Gasteiger partial charge on any atom is 4.00 e. The molecule has 0 bridgehead atoms. The number of fused-ring (bicyclic) bond motifs is 4. The zero-order valence-corrected chi connectivity index (χ0v) is 32.4. The molecule has 0 radical (unpaired) electrons. The molecule has 0 saturated carbocycles. The van der Waals surface area contributed by atoms with Crippen LogP contribution in [0.25, 0.3) is 65.3 Å². The van der Waals surface area contributed by atoms with Gasteiger partial charge in [0.25, 0.3) is 0 Å². The molecular weight excluding hydrogens is 735 g/mol. The summed E-state index contributed by atoms with van der Waals surface area (Å²) in [5.74, 6) is 0. The molecule has 8 aromatic rings. The Hall–Kier alpha value is -3.85. The van der Waals surface area contributed by atoms with E-state index in [1.54, 1.807) is 0 Å². The molecule has 0 nitrogen and oxygen atoms in total. The molecule has 0 spiro atoms. The Kier molecular flexibility index (Phi) is 11.9. The molecule has 8 rings (SSSR count). The van der Waals surface area contributed by atoms with Gasteiger partial charge in [0.1, 0.15) is 0 Å². The number of hydrogen-bond acceptors (Lipinski definition) is 0. The molecule has 0 fully saturated rings. The molecule has 226 valence electrons. The van der Waals surface area contributed by atoms with E-state index in [0.29, 0.717) is 0 Å². The maximum atomic E-state index is 3.78. The number of benzene rings is 6. The van der Waals surface area contributed by atoms with Gasteiger partial charge in [0.2, 0.25) is 0 Å². The molecule has 0 saturated heterocycles. The van der Waals surface area contributed by atoms with E-state index in [9.17, 15) is 0 Å². The minimum atomic E-state index is -0.389. The van der Waals surface area contributed by atoms with E-state index in [4.69, 9.17) is 0 Å². The number of rotatable bonds is 2. The predicted octanol–water partition coefficient (Wildman–Crippen LogP) is 12.7. The second kappa shape index (κ2) is 15.6. The fraction of sp³-hybridized carbons (Fsp3) is 0.0909. The van der Waals surface area contributed by atoms with Gasteiger partial charge in [0.05, 0.1) is 0 Å². The topological polar surface area (TPSA) is 0 Å². The summed E-state index contributed by atoms with van der Waals surface area (Å²) in [6, 6.07) is 52.5. The summed E-state index contributed by atoms with van der Waals surface area (Å²) in [6.07, 6.45) is 0. The van der Waals surface area contributed by atoms with Crippen molar-refractivity contribution in [2.24, 2.45) is 0 Å². The molecule has 0 aliphatic heterocycles. The molecule has 0 heterocycles. The van der Waals surface area contributed by atoms with E-state index in [1.807, 2.05) is 0 Å². The standard InChI is InChI=1S/2C20H15.C3H9Si.CH3.Hf/c2*1-14-12-16-8-5-11-19(20(16)13-14)18-10-4-7-15-6-2-3-9-17(15)18;1-4(2)3;;/h2*2-13H,1H3;4H,1H2,2-3H3;1H3;/q4*-1;+4. The fourth-order valence-electron chi connectivity index (χ4n) is 6.16. The Morgan fingerprint density at radius 1 is 0.457 bits per heavy atom. The molecule has 0 atom stereocenters. The zero-order chi connectivity index (χ0) is 30.6. The van der Waals surface area contributed by atoms with Gasteiger partial charge in [-0.2, -0.15) is 12.1 Å². The van der Waals surface area contributed by atoms with E-state index in [-0.39, 0.29) is 42.1 Å². The van der Waals surface area contributed by atoms with E-state index < -0.39 is 0 Å². The molecule has 2 heteroatoms. The molecule has 0 aliphatic carbocycles. The summed E-state index contributed by atoms with van der Waals surface area (Å²) in [6.45, 7) is 12.5. The summed E-state index contributed by atoms with van der Waals surface area (Å²) in [5, 5.41) is 10.6. The third-order valence-electron chi connectivity index (χ3n) is 7.95. The van der Waals surface area contributed by atoms with E-state index in [1.165, 1.54) is 76.5 Å². The number of aryl methyl sites for hydroxylation is 2. The van der Waals surface area contributed by atoms with Crippen molar-refractivity contribution in [3.8, 4) is 22.3 Å². The van der Waals surface area contributed by atoms with Crippen LogP contribution in [-0.2, 0) is 25.8 Å². The van der Waals surface area contributed by atoms with Gasteiger partial charge < -0.3 is 14.0 Å². The molecule has 0 amide bonds. The van der Waals surface area contributed by atoms with Crippen molar-refractivity contribution in [3.05, 3.63) is 171 Å². The summed E-state index contributed by atoms with van der Waals surface area (Å²) in [7, 11) is -0.389. The van der Waals surface area contributed by atoms with Crippen molar-refractivity contribution < 1.29 is 25.8 Å². The Balaban J connectivity index is 0.000000180. The van der Waals surface area contributed by atoms with Crippen molar-refractivity contribution in [3.63, 3.8) is 0 Å². The third kappa shape index (κ3) is 7.57. The van der Waals surface area contributed by atoms with Gasteiger partial charge >= 0.3 is 25.8 Å². The normalized spacial score (nSPS) is 10.6. The quantitative estimate of drug-likeness (QED) is 0.121. The second-order valence-electron chi connectivity index (χ2n) is 12.1. The molecule has 46 heavy (non-hydrogen) atoms. The van der Waals surface area contributed by atoms with Crippen LogP contribution in [0.3, 0.4) is 0 Å². The summed E-state index contributed by atoms with van der Waals surface area (Å²) in [5.41, 5.74) is 7.94. The average molecular weight is 777 g/mol. The Bertz CT molecular complexity index is 2030. The first kappa shape index (κ1) is 35.0. The fourth-order valence-corrected chi connectivity index (χ4v) is 6.16. The third-order valence-corrected chi connectivity index (χ3v) is 7.95. The van der Waals surface area contributed by atoms with Gasteiger partial charge in [-0.1, -0.05) is 135 Å². The summed E-state index contributed by atoms with van der Waals surface area (Å²) in [4.78, 5) is 0. The minimum Gasteiger partial charge on any atom is -0.358 e. The first-order chi connectivity index (χ1) is 21.4. The van der Waals surface area contributed by atoms with Gasteiger partial charge in [-0.25, -0.2) is 0 Å². The van der Waals surface area contributed by atoms with Gasteiger partial charge in [0, 0.05) is 0 Å². The predicted molar refractivity (Wildman–Crippen MR) is 205 cm³/mol. The van der Waals surface area contributed by atoms with Crippen molar-refractivity contribution in [1.82, 2.24) is 0 Å². The molecule has 0 N–H and O–H groups in total. The van der Waals surface area contributed by atoms with Crippen molar-refractivity contribution >= 4 is 51.9 Å². The molecule has 0 aromatic heterocycles. The van der Waals surface area contributed by atoms with Gasteiger partial charge in [-0.15, -0.1) is 77.9 Å². The SMILES string of the molecule is Cc1cc2c(-c3cccc4ccccc34)cccc2[cH-]1.Cc1cc2c(-c3cccc4ccccc34)cccc2[cH-]1.[CH2-][SiH](C)C.[CH3-].[Hf+4]. The van der Waals surface area contributed by atoms with Crippen LogP contribution in [0, 0.1) is 27.8 Å². The monoisotopic (exact) mass is 778 g/mol. The van der Waals surface area contributed by atoms with Crippen LogP contribution >= 0.6 is 0 Å². The Morgan fingerprint density at radius 2 is 0.761 bits per heavy atom. The second-order valence-corrected chi connectivity index (χ2v) is 14.9. The van der Waals surface area contributed by atoms with Gasteiger partial charge in [0.15, 0.2) is 0 Å². The first-order valence-electron chi connectivity index (χ1n) is 15.5. The van der Waals surface area contributed by atoms with Crippen LogP contribution in [0.15, 0.2) is 146 Å². The van der Waals surface area contributed by atoms with Gasteiger partial charge in [-0.3, -0.25) is 0 Å². The van der Waals surface area contributed by atoms with Crippen molar-refractivity contribution in [1.29, 1.82) is 0 Å². The molecule has 8 aromatic carbocycles. The van der Waals surface area contributed by atoms with Crippen LogP contribution in [0.1, 0.15) is 11.1 Å². The molecular formula is C44H42HfSi. The summed E-state index contributed by atoms with van der Waals surface area (Å²) < 4.78 is 0. The largest absolute Gasteiger partial charge is 4.00 e. The van der Waals surface area contributed by atoms with Crippen LogP contribution in [0.4, 0.5) is 0 Å². The van der Waals surface area contributed by atoms with Gasteiger partial charge in [-0.05, 0) is 32.7 Å². The van der Waals surface area contributed by atoms with E-state index >= 15 is 0 Å². The van der Waals surface area contributed by atoms with Crippen LogP contribution in [0.2, 0.25) is 13.1 Å². The minimum absolute atomic E-state index is 0. The summed E-state index contributed by atoms with van der Waals surface area (Å²) >= 11 is 0.